The molecule has 8 heteroatoms. The summed E-state index contributed by atoms with van der Waals surface area (Å²) in [6.45, 7) is 6.14. The van der Waals surface area contributed by atoms with E-state index in [-0.39, 0.29) is 17.9 Å². The van der Waals surface area contributed by atoms with E-state index in [1.165, 1.54) is 33.3 Å². The first-order valence-electron chi connectivity index (χ1n) is 9.37. The highest BCUT2D eigenvalue weighted by Crippen LogP contribution is 2.42. The normalized spacial score (nSPS) is 13.5. The van der Waals surface area contributed by atoms with E-state index >= 15 is 0 Å². The van der Waals surface area contributed by atoms with Crippen molar-refractivity contribution in [3.63, 3.8) is 0 Å². The summed E-state index contributed by atoms with van der Waals surface area (Å²) in [7, 11) is 1.50. The fourth-order valence-corrected chi connectivity index (χ4v) is 2.91. The number of carbonyl (C=O) groups is 1. The summed E-state index contributed by atoms with van der Waals surface area (Å²) in [5.74, 6) is 0.0538. The Morgan fingerprint density at radius 1 is 1.20 bits per heavy atom. The Hall–Kier alpha value is -3.26. The first-order valence-corrected chi connectivity index (χ1v) is 9.37. The third-order valence-corrected chi connectivity index (χ3v) is 4.78. The Morgan fingerprint density at radius 3 is 2.53 bits per heavy atom. The summed E-state index contributed by atoms with van der Waals surface area (Å²) >= 11 is 0. The Kier molecular flexibility index (Phi) is 5.89. The zero-order chi connectivity index (χ0) is 22.1. The van der Waals surface area contributed by atoms with Crippen molar-refractivity contribution in [2.45, 2.75) is 39.4 Å². The average Bonchev–Trinajstić information content (AvgIpc) is 3.17. The second kappa shape index (κ2) is 8.23. The second-order valence-corrected chi connectivity index (χ2v) is 7.35. The van der Waals surface area contributed by atoms with Gasteiger partial charge < -0.3 is 28.2 Å². The molecule has 3 aromatic rings. The van der Waals surface area contributed by atoms with Crippen LogP contribution in [-0.2, 0) is 9.53 Å². The van der Waals surface area contributed by atoms with E-state index in [9.17, 15) is 14.7 Å². The summed E-state index contributed by atoms with van der Waals surface area (Å²) in [6, 6.07) is 4.55. The van der Waals surface area contributed by atoms with Crippen molar-refractivity contribution in [2.24, 2.45) is 0 Å². The van der Waals surface area contributed by atoms with Gasteiger partial charge in [-0.2, -0.15) is 0 Å². The number of carbonyl (C=O) groups excluding carboxylic acids is 1. The largest absolute Gasteiger partial charge is 0.495 e. The van der Waals surface area contributed by atoms with Crippen molar-refractivity contribution in [2.75, 3.05) is 13.7 Å². The molecular formula is C22H24O8. The fourth-order valence-electron chi connectivity index (χ4n) is 2.91. The molecule has 3 rings (SSSR count). The van der Waals surface area contributed by atoms with Gasteiger partial charge in [-0.25, -0.2) is 9.59 Å². The van der Waals surface area contributed by atoms with Crippen LogP contribution in [0.5, 0.6) is 11.5 Å². The molecule has 1 N–H and O–H groups in total. The predicted octanol–water partition coefficient (Wildman–Crippen LogP) is 3.58. The molecule has 2 heterocycles. The zero-order valence-electron chi connectivity index (χ0n) is 17.5. The minimum absolute atomic E-state index is 0.132. The van der Waals surface area contributed by atoms with Crippen molar-refractivity contribution in [3.05, 3.63) is 46.5 Å². The van der Waals surface area contributed by atoms with Gasteiger partial charge in [0, 0.05) is 11.6 Å². The highest BCUT2D eigenvalue weighted by molar-refractivity contribution is 6.06. The number of allylic oxidation sites excluding steroid dienone is 1. The summed E-state index contributed by atoms with van der Waals surface area (Å²) < 4.78 is 27.7. The van der Waals surface area contributed by atoms with Gasteiger partial charge in [-0.05, 0) is 39.8 Å². The Morgan fingerprint density at radius 2 is 1.90 bits per heavy atom. The van der Waals surface area contributed by atoms with Gasteiger partial charge in [0.1, 0.15) is 12.4 Å². The molecule has 0 aliphatic rings. The molecule has 8 nitrogen and oxygen atoms in total. The van der Waals surface area contributed by atoms with Crippen LogP contribution in [0, 0.1) is 0 Å². The van der Waals surface area contributed by atoms with Gasteiger partial charge in [-0.1, -0.05) is 6.08 Å². The quantitative estimate of drug-likeness (QED) is 0.354. The van der Waals surface area contributed by atoms with Crippen molar-refractivity contribution in [3.8, 4) is 11.5 Å². The van der Waals surface area contributed by atoms with E-state index in [0.29, 0.717) is 27.7 Å². The Bertz CT molecular complexity index is 1160. The number of benzene rings is 1. The third-order valence-electron chi connectivity index (χ3n) is 4.78. The molecule has 0 aliphatic heterocycles. The van der Waals surface area contributed by atoms with Crippen LogP contribution in [0.3, 0.4) is 0 Å². The molecule has 0 amide bonds. The SMILES string of the molecule is CC=C(C)C(=O)OC(COc1c2occc2c(OC)c2ccc(=O)oc12)C(C)(C)O. The van der Waals surface area contributed by atoms with Crippen molar-refractivity contribution in [1.82, 2.24) is 0 Å². The van der Waals surface area contributed by atoms with Gasteiger partial charge in [0.05, 0.1) is 29.7 Å². The molecule has 30 heavy (non-hydrogen) atoms. The van der Waals surface area contributed by atoms with E-state index in [1.807, 2.05) is 0 Å². The first-order chi connectivity index (χ1) is 14.2. The van der Waals surface area contributed by atoms with E-state index in [0.717, 1.165) is 0 Å². The smallest absolute Gasteiger partial charge is 0.336 e. The minimum Gasteiger partial charge on any atom is -0.495 e. The first kappa shape index (κ1) is 21.4. The van der Waals surface area contributed by atoms with Crippen LogP contribution in [-0.4, -0.2) is 36.5 Å². The number of rotatable bonds is 7. The lowest BCUT2D eigenvalue weighted by molar-refractivity contribution is -0.160. The highest BCUT2D eigenvalue weighted by atomic mass is 16.6. The van der Waals surface area contributed by atoms with Gasteiger partial charge in [-0.3, -0.25) is 0 Å². The van der Waals surface area contributed by atoms with Gasteiger partial charge >= 0.3 is 11.6 Å². The molecule has 0 spiro atoms. The third kappa shape index (κ3) is 4.04. The monoisotopic (exact) mass is 416 g/mol. The number of ether oxygens (including phenoxy) is 3. The molecule has 2 aromatic heterocycles. The number of esters is 1. The highest BCUT2D eigenvalue weighted by Gasteiger charge is 2.33. The zero-order valence-corrected chi connectivity index (χ0v) is 17.5. The van der Waals surface area contributed by atoms with Crippen LogP contribution in [0.2, 0.25) is 0 Å². The molecule has 0 bridgehead atoms. The lowest BCUT2D eigenvalue weighted by atomic mass is 10.0. The van der Waals surface area contributed by atoms with Crippen LogP contribution < -0.4 is 15.1 Å². The standard InChI is InChI=1S/C22H24O8/c1-6-12(2)21(24)29-15(22(3,4)25)11-28-20-18-14(9-10-27-18)17(26-5)13-7-8-16(23)30-19(13)20/h6-10,15,25H,11H2,1-5H3. The summed E-state index contributed by atoms with van der Waals surface area (Å²) in [6.07, 6.45) is 2.07. The Balaban J connectivity index is 2.05. The van der Waals surface area contributed by atoms with E-state index in [2.05, 4.69) is 0 Å². The average molecular weight is 416 g/mol. The summed E-state index contributed by atoms with van der Waals surface area (Å²) in [5.41, 5.74) is -1.13. The number of hydrogen-bond acceptors (Lipinski definition) is 8. The minimum atomic E-state index is -1.39. The van der Waals surface area contributed by atoms with E-state index in [1.54, 1.807) is 32.1 Å². The van der Waals surface area contributed by atoms with Gasteiger partial charge in [0.15, 0.2) is 17.3 Å². The second-order valence-electron chi connectivity index (χ2n) is 7.35. The molecule has 0 radical (unpaired) electrons. The molecule has 0 saturated heterocycles. The summed E-state index contributed by atoms with van der Waals surface area (Å²) in [4.78, 5) is 24.1. The molecule has 0 aliphatic carbocycles. The molecule has 1 aromatic carbocycles. The number of methoxy groups -OCH3 is 1. The topological polar surface area (TPSA) is 108 Å². The van der Waals surface area contributed by atoms with Crippen LogP contribution >= 0.6 is 0 Å². The maximum absolute atomic E-state index is 12.2. The predicted molar refractivity (Wildman–Crippen MR) is 110 cm³/mol. The number of fused-ring (bicyclic) bond motifs is 2. The number of furan rings is 1. The van der Waals surface area contributed by atoms with Gasteiger partial charge in [0.2, 0.25) is 5.75 Å². The lowest BCUT2D eigenvalue weighted by Crippen LogP contribution is -2.44. The molecule has 160 valence electrons. The van der Waals surface area contributed by atoms with Crippen LogP contribution in [0.15, 0.2) is 49.7 Å². The molecule has 1 unspecified atom stereocenters. The van der Waals surface area contributed by atoms with E-state index < -0.39 is 23.3 Å². The van der Waals surface area contributed by atoms with Crippen molar-refractivity contribution >= 4 is 27.9 Å². The molecule has 0 saturated carbocycles. The lowest BCUT2D eigenvalue weighted by Gasteiger charge is -2.29. The number of aliphatic hydroxyl groups is 1. The Labute approximate surface area is 172 Å². The van der Waals surface area contributed by atoms with Crippen LogP contribution in [0.25, 0.3) is 21.9 Å². The van der Waals surface area contributed by atoms with Crippen LogP contribution in [0.1, 0.15) is 27.7 Å². The number of hydrogen-bond donors (Lipinski definition) is 1. The molecule has 0 fully saturated rings. The maximum Gasteiger partial charge on any atom is 0.336 e. The maximum atomic E-state index is 12.2. The van der Waals surface area contributed by atoms with Crippen molar-refractivity contribution < 1.29 is 32.9 Å². The van der Waals surface area contributed by atoms with Gasteiger partial charge in [-0.15, -0.1) is 0 Å². The van der Waals surface area contributed by atoms with Gasteiger partial charge in [0.25, 0.3) is 0 Å². The molecular weight excluding hydrogens is 392 g/mol. The van der Waals surface area contributed by atoms with Crippen molar-refractivity contribution in [1.29, 1.82) is 0 Å². The molecule has 1 atom stereocenters. The van der Waals surface area contributed by atoms with Crippen LogP contribution in [0.4, 0.5) is 0 Å². The fraction of sp³-hybridized carbons (Fsp3) is 0.364. The summed E-state index contributed by atoms with van der Waals surface area (Å²) in [5, 5.41) is 11.6. The van der Waals surface area contributed by atoms with E-state index in [4.69, 9.17) is 23.0 Å².